The molecule has 12 heteroatoms. The second-order valence-electron chi connectivity index (χ2n) is 7.85. The van der Waals surface area contributed by atoms with Crippen molar-refractivity contribution >= 4 is 18.0 Å². The molecule has 0 heterocycles. The van der Waals surface area contributed by atoms with Crippen molar-refractivity contribution in [1.29, 1.82) is 0 Å². The highest BCUT2D eigenvalue weighted by Gasteiger charge is 2.38. The summed E-state index contributed by atoms with van der Waals surface area (Å²) in [7, 11) is 0. The van der Waals surface area contributed by atoms with Gasteiger partial charge in [0.1, 0.15) is 25.7 Å². The highest BCUT2D eigenvalue weighted by Crippen LogP contribution is 2.44. The van der Waals surface area contributed by atoms with Crippen LogP contribution in [0.2, 0.25) is 0 Å². The van der Waals surface area contributed by atoms with Crippen molar-refractivity contribution in [3.05, 3.63) is 59.7 Å². The quantitative estimate of drug-likeness (QED) is 0.507. The number of ether oxygens (including phenoxy) is 1. The van der Waals surface area contributed by atoms with Gasteiger partial charge < -0.3 is 20.1 Å². The van der Waals surface area contributed by atoms with Gasteiger partial charge in [-0.1, -0.05) is 48.5 Å². The lowest BCUT2D eigenvalue weighted by molar-refractivity contribution is -0.167. The van der Waals surface area contributed by atoms with Crippen LogP contribution in [0.25, 0.3) is 11.1 Å². The lowest BCUT2D eigenvalue weighted by atomic mass is 9.98. The average molecular weight is 500 g/mol. The van der Waals surface area contributed by atoms with Gasteiger partial charge in [0.25, 0.3) is 0 Å². The molecule has 0 aromatic heterocycles. The number of carboxylic acids is 1. The van der Waals surface area contributed by atoms with E-state index in [1.807, 2.05) is 41.7 Å². The number of hydrogen-bond acceptors (Lipinski definition) is 4. The maximum Gasteiger partial charge on any atom is 0.407 e. The Balaban J connectivity index is 1.72. The molecule has 7 nitrogen and oxygen atoms in total. The molecule has 0 saturated carbocycles. The van der Waals surface area contributed by atoms with Crippen LogP contribution in [-0.4, -0.2) is 66.3 Å². The number of amides is 2. The van der Waals surface area contributed by atoms with Gasteiger partial charge in [0.2, 0.25) is 12.3 Å². The van der Waals surface area contributed by atoms with Gasteiger partial charge in [0, 0.05) is 12.3 Å². The number of carbonyl (C=O) groups excluding carboxylic acids is 2. The minimum Gasteiger partial charge on any atom is -0.480 e. The van der Waals surface area contributed by atoms with Crippen LogP contribution in [0.5, 0.6) is 0 Å². The van der Waals surface area contributed by atoms with Crippen LogP contribution in [0.1, 0.15) is 23.5 Å². The number of alkyl halides is 5. The summed E-state index contributed by atoms with van der Waals surface area (Å²) in [6.45, 7) is -3.59. The van der Waals surface area contributed by atoms with Gasteiger partial charge in [-0.25, -0.2) is 13.6 Å². The molecule has 0 radical (unpaired) electrons. The number of rotatable bonds is 9. The summed E-state index contributed by atoms with van der Waals surface area (Å²) in [5.41, 5.74) is 3.58. The van der Waals surface area contributed by atoms with Crippen molar-refractivity contribution in [2.45, 2.75) is 31.0 Å². The Hall–Kier alpha value is -3.70. The zero-order valence-electron chi connectivity index (χ0n) is 18.1. The first-order valence-corrected chi connectivity index (χ1v) is 10.4. The maximum atomic E-state index is 13.0. The van der Waals surface area contributed by atoms with Crippen molar-refractivity contribution in [2.24, 2.45) is 0 Å². The van der Waals surface area contributed by atoms with Crippen LogP contribution in [-0.2, 0) is 14.3 Å². The van der Waals surface area contributed by atoms with Gasteiger partial charge in [-0.3, -0.25) is 9.59 Å². The summed E-state index contributed by atoms with van der Waals surface area (Å²) in [4.78, 5) is 35.6. The molecule has 0 spiro atoms. The summed E-state index contributed by atoms with van der Waals surface area (Å²) < 4.78 is 69.6. The van der Waals surface area contributed by atoms with Crippen molar-refractivity contribution in [1.82, 2.24) is 10.2 Å². The summed E-state index contributed by atoms with van der Waals surface area (Å²) in [5.74, 6) is -3.77. The minimum atomic E-state index is -4.98. The minimum absolute atomic E-state index is 0.154. The molecule has 2 aromatic rings. The summed E-state index contributed by atoms with van der Waals surface area (Å²) in [5, 5.41) is 10.7. The summed E-state index contributed by atoms with van der Waals surface area (Å²) in [6.07, 6.45) is -10.8. The molecule has 0 fully saturated rings. The van der Waals surface area contributed by atoms with E-state index in [1.165, 1.54) is 0 Å². The summed E-state index contributed by atoms with van der Waals surface area (Å²) >= 11 is 0. The Labute approximate surface area is 196 Å². The molecular formula is C23H21F5N2O5. The van der Waals surface area contributed by atoms with Crippen molar-refractivity contribution < 1.29 is 46.2 Å². The molecular weight excluding hydrogens is 479 g/mol. The molecule has 35 heavy (non-hydrogen) atoms. The highest BCUT2D eigenvalue weighted by atomic mass is 19.4. The molecule has 2 aromatic carbocycles. The topological polar surface area (TPSA) is 95.9 Å². The normalized spacial score (nSPS) is 13.7. The predicted molar refractivity (Wildman–Crippen MR) is 113 cm³/mol. The van der Waals surface area contributed by atoms with E-state index in [2.05, 4.69) is 0 Å². The first-order chi connectivity index (χ1) is 16.5. The molecule has 1 aliphatic rings. The van der Waals surface area contributed by atoms with E-state index in [4.69, 9.17) is 9.84 Å². The molecule has 1 aliphatic carbocycles. The second-order valence-corrected chi connectivity index (χ2v) is 7.85. The van der Waals surface area contributed by atoms with Crippen LogP contribution in [0.15, 0.2) is 48.5 Å². The molecule has 2 amide bonds. The SMILES string of the molecule is O=C(O)CN(CC(F)(F)F)C(=O)C(CC(F)F)NC(=O)OCC1c2ccccc2-c2ccccc21. The van der Waals surface area contributed by atoms with Crippen LogP contribution in [0, 0.1) is 0 Å². The van der Waals surface area contributed by atoms with E-state index in [1.54, 1.807) is 12.1 Å². The number of hydrogen-bond donors (Lipinski definition) is 2. The lowest BCUT2D eigenvalue weighted by Crippen LogP contribution is -2.53. The predicted octanol–water partition coefficient (Wildman–Crippen LogP) is 4.02. The lowest BCUT2D eigenvalue weighted by Gasteiger charge is -2.27. The molecule has 188 valence electrons. The van der Waals surface area contributed by atoms with Crippen LogP contribution < -0.4 is 5.32 Å². The Morgan fingerprint density at radius 2 is 1.54 bits per heavy atom. The Morgan fingerprint density at radius 3 is 2.03 bits per heavy atom. The smallest absolute Gasteiger partial charge is 0.407 e. The third-order valence-electron chi connectivity index (χ3n) is 5.36. The Morgan fingerprint density at radius 1 is 1.00 bits per heavy atom. The number of benzene rings is 2. The number of nitrogens with one attached hydrogen (secondary N) is 1. The van der Waals surface area contributed by atoms with Crippen molar-refractivity contribution in [3.8, 4) is 11.1 Å². The average Bonchev–Trinajstić information content (AvgIpc) is 3.08. The van der Waals surface area contributed by atoms with Gasteiger partial charge in [-0.05, 0) is 22.3 Å². The number of carbonyl (C=O) groups is 3. The Bertz CT molecular complexity index is 1050. The molecule has 3 rings (SSSR count). The third kappa shape index (κ3) is 6.67. The second kappa shape index (κ2) is 10.7. The van der Waals surface area contributed by atoms with Gasteiger partial charge in [-0.15, -0.1) is 0 Å². The highest BCUT2D eigenvalue weighted by molar-refractivity contribution is 5.88. The van der Waals surface area contributed by atoms with Gasteiger partial charge in [0.15, 0.2) is 0 Å². The third-order valence-corrected chi connectivity index (χ3v) is 5.36. The Kier molecular flexibility index (Phi) is 7.92. The van der Waals surface area contributed by atoms with Crippen molar-refractivity contribution in [3.63, 3.8) is 0 Å². The molecule has 0 bridgehead atoms. The summed E-state index contributed by atoms with van der Waals surface area (Å²) in [6, 6.07) is 12.6. The van der Waals surface area contributed by atoms with E-state index in [0.717, 1.165) is 22.3 Å². The van der Waals surface area contributed by atoms with Gasteiger partial charge in [-0.2, -0.15) is 13.2 Å². The van der Waals surface area contributed by atoms with Gasteiger partial charge >= 0.3 is 18.2 Å². The fraction of sp³-hybridized carbons (Fsp3) is 0.348. The zero-order chi connectivity index (χ0) is 25.8. The standard InChI is InChI=1S/C23H21F5N2O5/c24-19(25)9-18(21(33)30(10-20(31)32)12-23(26,27)28)29-22(34)35-11-17-15-7-3-1-5-13(15)14-6-2-4-8-16(14)17/h1-8,17-19H,9-12H2,(H,29,34)(H,31,32). The van der Waals surface area contributed by atoms with Crippen LogP contribution in [0.3, 0.4) is 0 Å². The van der Waals surface area contributed by atoms with E-state index in [9.17, 15) is 36.3 Å². The number of nitrogens with zero attached hydrogens (tertiary/aromatic N) is 1. The number of aliphatic carboxylic acids is 1. The monoisotopic (exact) mass is 500 g/mol. The van der Waals surface area contributed by atoms with Crippen LogP contribution >= 0.6 is 0 Å². The zero-order valence-corrected chi connectivity index (χ0v) is 18.1. The molecule has 1 atom stereocenters. The fourth-order valence-corrected chi connectivity index (χ4v) is 3.99. The molecule has 0 aliphatic heterocycles. The number of halogens is 5. The van der Waals surface area contributed by atoms with Crippen LogP contribution in [0.4, 0.5) is 26.7 Å². The molecule has 1 unspecified atom stereocenters. The van der Waals surface area contributed by atoms with Gasteiger partial charge in [0.05, 0.1) is 0 Å². The van der Waals surface area contributed by atoms with E-state index >= 15 is 0 Å². The fourth-order valence-electron chi connectivity index (χ4n) is 3.99. The largest absolute Gasteiger partial charge is 0.480 e. The van der Waals surface area contributed by atoms with E-state index < -0.39 is 56.1 Å². The number of alkyl carbamates (subject to hydrolysis) is 1. The van der Waals surface area contributed by atoms with E-state index in [-0.39, 0.29) is 17.4 Å². The first kappa shape index (κ1) is 25.9. The number of fused-ring (bicyclic) bond motifs is 3. The van der Waals surface area contributed by atoms with E-state index in [0.29, 0.717) is 0 Å². The molecule has 2 N–H and O–H groups in total. The van der Waals surface area contributed by atoms with Crippen molar-refractivity contribution in [2.75, 3.05) is 19.7 Å². The number of carboxylic acid groups (broad SMARTS) is 1. The molecule has 0 saturated heterocycles. The maximum absolute atomic E-state index is 13.0. The first-order valence-electron chi connectivity index (χ1n) is 10.4.